The molecule has 0 spiro atoms. The number of hydrogen-bond donors (Lipinski definition) is 1. The van der Waals surface area contributed by atoms with Gasteiger partial charge in [0.25, 0.3) is 0 Å². The third-order valence-corrected chi connectivity index (χ3v) is 4.84. The molecular formula is C24H28ClN. The highest BCUT2D eigenvalue weighted by molar-refractivity contribution is 5.85. The molecule has 1 atom stereocenters. The van der Waals surface area contributed by atoms with Crippen molar-refractivity contribution in [1.82, 2.24) is 5.32 Å². The summed E-state index contributed by atoms with van der Waals surface area (Å²) in [7, 11) is 0. The third kappa shape index (κ3) is 5.45. The molecule has 0 aliphatic carbocycles. The molecule has 0 radical (unpaired) electrons. The molecular weight excluding hydrogens is 338 g/mol. The van der Waals surface area contributed by atoms with E-state index in [0.29, 0.717) is 12.0 Å². The van der Waals surface area contributed by atoms with Crippen molar-refractivity contribution in [3.63, 3.8) is 0 Å². The Kier molecular flexibility index (Phi) is 8.40. The zero-order valence-corrected chi connectivity index (χ0v) is 16.2. The van der Waals surface area contributed by atoms with E-state index in [-0.39, 0.29) is 12.4 Å². The maximum atomic E-state index is 3.76. The Bertz CT molecular complexity index is 688. The fourth-order valence-corrected chi connectivity index (χ4v) is 3.48. The Morgan fingerprint density at radius 3 is 1.50 bits per heavy atom. The summed E-state index contributed by atoms with van der Waals surface area (Å²) in [6.45, 7) is 3.25. The Balaban J connectivity index is 0.00000243. The molecule has 0 fully saturated rings. The van der Waals surface area contributed by atoms with Crippen LogP contribution in [0.5, 0.6) is 0 Å². The molecule has 1 N–H and O–H groups in total. The van der Waals surface area contributed by atoms with E-state index >= 15 is 0 Å². The first-order valence-corrected chi connectivity index (χ1v) is 9.26. The summed E-state index contributed by atoms with van der Waals surface area (Å²) in [4.78, 5) is 0. The lowest BCUT2D eigenvalue weighted by Crippen LogP contribution is -2.23. The number of halogens is 1. The van der Waals surface area contributed by atoms with Gasteiger partial charge in [-0.1, -0.05) is 97.9 Å². The number of benzene rings is 3. The van der Waals surface area contributed by atoms with Crippen molar-refractivity contribution in [1.29, 1.82) is 0 Å². The SMILES string of the molecule is CCC(NCCC(c1ccccc1)c1ccccc1)c1ccccc1.Cl. The third-order valence-electron chi connectivity index (χ3n) is 4.84. The summed E-state index contributed by atoms with van der Waals surface area (Å²) in [5.41, 5.74) is 4.16. The van der Waals surface area contributed by atoms with Crippen molar-refractivity contribution in [2.45, 2.75) is 31.7 Å². The second-order valence-electron chi connectivity index (χ2n) is 6.49. The fourth-order valence-electron chi connectivity index (χ4n) is 3.48. The molecule has 0 aromatic heterocycles. The zero-order valence-electron chi connectivity index (χ0n) is 15.3. The maximum Gasteiger partial charge on any atom is 0.0317 e. The maximum absolute atomic E-state index is 3.76. The van der Waals surface area contributed by atoms with Crippen molar-refractivity contribution in [3.8, 4) is 0 Å². The molecule has 2 heteroatoms. The van der Waals surface area contributed by atoms with E-state index < -0.39 is 0 Å². The summed E-state index contributed by atoms with van der Waals surface area (Å²) in [5.74, 6) is 0.433. The molecule has 1 unspecified atom stereocenters. The molecule has 0 aliphatic rings. The van der Waals surface area contributed by atoms with E-state index in [4.69, 9.17) is 0 Å². The van der Waals surface area contributed by atoms with Crippen LogP contribution in [0.2, 0.25) is 0 Å². The van der Waals surface area contributed by atoms with Crippen LogP contribution in [0.1, 0.15) is 48.4 Å². The first kappa shape index (κ1) is 20.2. The van der Waals surface area contributed by atoms with Gasteiger partial charge in [0, 0.05) is 12.0 Å². The highest BCUT2D eigenvalue weighted by Crippen LogP contribution is 2.28. The van der Waals surface area contributed by atoms with Gasteiger partial charge in [0.1, 0.15) is 0 Å². The summed E-state index contributed by atoms with van der Waals surface area (Å²) >= 11 is 0. The van der Waals surface area contributed by atoms with Crippen LogP contribution in [-0.4, -0.2) is 6.54 Å². The molecule has 0 amide bonds. The lowest BCUT2D eigenvalue weighted by atomic mass is 9.88. The Morgan fingerprint density at radius 2 is 1.08 bits per heavy atom. The van der Waals surface area contributed by atoms with E-state index in [0.717, 1.165) is 19.4 Å². The first-order chi connectivity index (χ1) is 12.4. The van der Waals surface area contributed by atoms with E-state index in [9.17, 15) is 0 Å². The number of hydrogen-bond acceptors (Lipinski definition) is 1. The van der Waals surface area contributed by atoms with Crippen LogP contribution in [0.25, 0.3) is 0 Å². The zero-order chi connectivity index (χ0) is 17.3. The average molecular weight is 366 g/mol. The van der Waals surface area contributed by atoms with Crippen LogP contribution in [0.4, 0.5) is 0 Å². The van der Waals surface area contributed by atoms with Crippen molar-refractivity contribution < 1.29 is 0 Å². The number of rotatable bonds is 8. The van der Waals surface area contributed by atoms with Gasteiger partial charge in [-0.3, -0.25) is 0 Å². The van der Waals surface area contributed by atoms with Gasteiger partial charge >= 0.3 is 0 Å². The summed E-state index contributed by atoms with van der Waals surface area (Å²) < 4.78 is 0. The Hall–Kier alpha value is -2.09. The molecule has 0 saturated carbocycles. The van der Waals surface area contributed by atoms with Gasteiger partial charge < -0.3 is 5.32 Å². The summed E-state index contributed by atoms with van der Waals surface area (Å²) in [6, 6.07) is 32.9. The van der Waals surface area contributed by atoms with Gasteiger partial charge in [-0.05, 0) is 36.1 Å². The monoisotopic (exact) mass is 365 g/mol. The predicted molar refractivity (Wildman–Crippen MR) is 114 cm³/mol. The van der Waals surface area contributed by atoms with E-state index in [2.05, 4.69) is 103 Å². The highest BCUT2D eigenvalue weighted by atomic mass is 35.5. The first-order valence-electron chi connectivity index (χ1n) is 9.26. The lowest BCUT2D eigenvalue weighted by molar-refractivity contribution is 0.499. The van der Waals surface area contributed by atoms with Crippen LogP contribution < -0.4 is 5.32 Å². The van der Waals surface area contributed by atoms with E-state index in [1.165, 1.54) is 16.7 Å². The summed E-state index contributed by atoms with van der Waals surface area (Å²) in [6.07, 6.45) is 2.20. The largest absolute Gasteiger partial charge is 0.310 e. The van der Waals surface area contributed by atoms with Gasteiger partial charge in [-0.15, -0.1) is 12.4 Å². The van der Waals surface area contributed by atoms with Crippen molar-refractivity contribution in [2.24, 2.45) is 0 Å². The van der Waals surface area contributed by atoms with Gasteiger partial charge in [0.2, 0.25) is 0 Å². The Labute approximate surface area is 163 Å². The minimum Gasteiger partial charge on any atom is -0.310 e. The van der Waals surface area contributed by atoms with Crippen molar-refractivity contribution in [2.75, 3.05) is 6.54 Å². The number of nitrogens with one attached hydrogen (secondary N) is 1. The minimum absolute atomic E-state index is 0. The second-order valence-corrected chi connectivity index (χ2v) is 6.49. The minimum atomic E-state index is 0. The topological polar surface area (TPSA) is 12.0 Å². The quantitative estimate of drug-likeness (QED) is 0.489. The van der Waals surface area contributed by atoms with Crippen molar-refractivity contribution in [3.05, 3.63) is 108 Å². The lowest BCUT2D eigenvalue weighted by Gasteiger charge is -2.22. The summed E-state index contributed by atoms with van der Waals surface area (Å²) in [5, 5.41) is 3.76. The van der Waals surface area contributed by atoms with Gasteiger partial charge in [-0.25, -0.2) is 0 Å². The predicted octanol–water partition coefficient (Wildman–Crippen LogP) is 6.37. The normalized spacial score (nSPS) is 11.8. The van der Waals surface area contributed by atoms with Crippen LogP contribution in [-0.2, 0) is 0 Å². The van der Waals surface area contributed by atoms with Crippen molar-refractivity contribution >= 4 is 12.4 Å². The molecule has 0 bridgehead atoms. The van der Waals surface area contributed by atoms with E-state index in [1.807, 2.05) is 0 Å². The average Bonchev–Trinajstić information content (AvgIpc) is 2.70. The molecule has 0 heterocycles. The fraction of sp³-hybridized carbons (Fsp3) is 0.250. The van der Waals surface area contributed by atoms with Crippen LogP contribution >= 0.6 is 12.4 Å². The van der Waals surface area contributed by atoms with Crippen LogP contribution in [0, 0.1) is 0 Å². The molecule has 1 nitrogen and oxygen atoms in total. The molecule has 26 heavy (non-hydrogen) atoms. The van der Waals surface area contributed by atoms with Gasteiger partial charge in [-0.2, -0.15) is 0 Å². The standard InChI is InChI=1S/C24H27N.ClH/c1-2-24(22-16-10-5-11-17-22)25-19-18-23(20-12-6-3-7-13-20)21-14-8-4-9-15-21;/h3-17,23-25H,2,18-19H2,1H3;1H. The molecule has 3 aromatic rings. The molecule has 0 aliphatic heterocycles. The molecule has 0 saturated heterocycles. The Morgan fingerprint density at radius 1 is 0.654 bits per heavy atom. The van der Waals surface area contributed by atoms with Crippen LogP contribution in [0.3, 0.4) is 0 Å². The molecule has 136 valence electrons. The van der Waals surface area contributed by atoms with E-state index in [1.54, 1.807) is 0 Å². The molecule has 3 rings (SSSR count). The highest BCUT2D eigenvalue weighted by Gasteiger charge is 2.15. The molecule has 3 aromatic carbocycles. The van der Waals surface area contributed by atoms with Gasteiger partial charge in [0.15, 0.2) is 0 Å². The van der Waals surface area contributed by atoms with Crippen LogP contribution in [0.15, 0.2) is 91.0 Å². The van der Waals surface area contributed by atoms with Gasteiger partial charge in [0.05, 0.1) is 0 Å². The second kappa shape index (κ2) is 10.8. The smallest absolute Gasteiger partial charge is 0.0317 e.